The van der Waals surface area contributed by atoms with E-state index in [1.54, 1.807) is 12.1 Å². The smallest absolute Gasteiger partial charge is 0.276 e. The Morgan fingerprint density at radius 2 is 2.22 bits per heavy atom. The molecule has 18 heavy (non-hydrogen) atoms. The summed E-state index contributed by atoms with van der Waals surface area (Å²) < 4.78 is 5.13. The van der Waals surface area contributed by atoms with E-state index in [9.17, 15) is 0 Å². The summed E-state index contributed by atoms with van der Waals surface area (Å²) in [5.74, 6) is 0.811. The first kappa shape index (κ1) is 12.9. The highest BCUT2D eigenvalue weighted by molar-refractivity contribution is 6.30. The molecule has 7 heteroatoms. The Labute approximate surface area is 110 Å². The number of nitrogens with zero attached hydrogens (tertiary/aromatic N) is 4. The zero-order chi connectivity index (χ0) is 13.1. The van der Waals surface area contributed by atoms with Crippen molar-refractivity contribution in [3.8, 4) is 11.6 Å². The lowest BCUT2D eigenvalue weighted by atomic mass is 10.3. The van der Waals surface area contributed by atoms with Gasteiger partial charge in [-0.15, -0.1) is 0 Å². The van der Waals surface area contributed by atoms with Gasteiger partial charge in [0.2, 0.25) is 0 Å². The van der Waals surface area contributed by atoms with Gasteiger partial charge in [-0.05, 0) is 26.2 Å². The predicted octanol–water partition coefficient (Wildman–Crippen LogP) is 1.35. The number of pyridine rings is 1. The fraction of sp³-hybridized carbons (Fsp3) is 0.364. The third kappa shape index (κ3) is 3.04. The summed E-state index contributed by atoms with van der Waals surface area (Å²) in [6, 6.07) is 3.15. The Balaban J connectivity index is 2.17. The molecule has 2 aromatic rings. The maximum absolute atomic E-state index is 5.94. The van der Waals surface area contributed by atoms with Crippen LogP contribution in [0.2, 0.25) is 5.02 Å². The van der Waals surface area contributed by atoms with Gasteiger partial charge in [0.05, 0.1) is 11.1 Å². The molecule has 0 saturated heterocycles. The molecule has 2 rings (SSSR count). The van der Waals surface area contributed by atoms with Crippen molar-refractivity contribution in [2.45, 2.75) is 6.04 Å². The van der Waals surface area contributed by atoms with E-state index in [0.717, 1.165) is 0 Å². The second-order valence-electron chi connectivity index (χ2n) is 4.19. The maximum atomic E-state index is 5.94. The molecule has 96 valence electrons. The van der Waals surface area contributed by atoms with E-state index in [4.69, 9.17) is 21.9 Å². The summed E-state index contributed by atoms with van der Waals surface area (Å²) in [5.41, 5.74) is 6.52. The minimum atomic E-state index is -0.287. The molecule has 1 atom stereocenters. The van der Waals surface area contributed by atoms with Crippen LogP contribution in [0, 0.1) is 0 Å². The average molecular weight is 268 g/mol. The number of rotatable bonds is 4. The number of hydrogen-bond acceptors (Lipinski definition) is 6. The van der Waals surface area contributed by atoms with Gasteiger partial charge in [0.15, 0.2) is 5.82 Å². The highest BCUT2D eigenvalue weighted by Crippen LogP contribution is 2.18. The fourth-order valence-electron chi connectivity index (χ4n) is 1.47. The second-order valence-corrected chi connectivity index (χ2v) is 4.62. The van der Waals surface area contributed by atoms with Crippen LogP contribution in [0.3, 0.4) is 0 Å². The molecule has 1 unspecified atom stereocenters. The average Bonchev–Trinajstić information content (AvgIpc) is 2.78. The first-order chi connectivity index (χ1) is 8.56. The molecule has 0 amide bonds. The van der Waals surface area contributed by atoms with Crippen LogP contribution in [-0.4, -0.2) is 40.7 Å². The minimum absolute atomic E-state index is 0.287. The van der Waals surface area contributed by atoms with Gasteiger partial charge in [0, 0.05) is 12.7 Å². The molecule has 0 aliphatic rings. The van der Waals surface area contributed by atoms with Crippen LogP contribution in [0.5, 0.6) is 0 Å². The molecule has 0 saturated carbocycles. The quantitative estimate of drug-likeness (QED) is 0.900. The van der Waals surface area contributed by atoms with Crippen LogP contribution >= 0.6 is 11.6 Å². The molecular weight excluding hydrogens is 254 g/mol. The number of likely N-dealkylation sites (N-methyl/N-ethyl adjacent to an activating group) is 1. The largest absolute Gasteiger partial charge is 0.332 e. The fourth-order valence-corrected chi connectivity index (χ4v) is 1.58. The standard InChI is InChI=1S/C11H14ClN5O/c1-17(2)6-8(13)10-15-11(18-16-10)9-4-3-7(12)5-14-9/h3-5,8H,6,13H2,1-2H3. The van der Waals surface area contributed by atoms with Crippen molar-refractivity contribution in [2.24, 2.45) is 5.73 Å². The van der Waals surface area contributed by atoms with Crippen LogP contribution in [0.4, 0.5) is 0 Å². The van der Waals surface area contributed by atoms with Crippen molar-refractivity contribution >= 4 is 11.6 Å². The van der Waals surface area contributed by atoms with Gasteiger partial charge in [-0.1, -0.05) is 16.8 Å². The monoisotopic (exact) mass is 267 g/mol. The van der Waals surface area contributed by atoms with Crippen molar-refractivity contribution in [3.05, 3.63) is 29.2 Å². The van der Waals surface area contributed by atoms with E-state index in [2.05, 4.69) is 15.1 Å². The van der Waals surface area contributed by atoms with E-state index in [0.29, 0.717) is 29.0 Å². The molecule has 6 nitrogen and oxygen atoms in total. The highest BCUT2D eigenvalue weighted by atomic mass is 35.5. The van der Waals surface area contributed by atoms with Gasteiger partial charge >= 0.3 is 0 Å². The van der Waals surface area contributed by atoms with Crippen molar-refractivity contribution in [2.75, 3.05) is 20.6 Å². The van der Waals surface area contributed by atoms with Gasteiger partial charge < -0.3 is 15.2 Å². The van der Waals surface area contributed by atoms with Crippen LogP contribution in [0.15, 0.2) is 22.9 Å². The van der Waals surface area contributed by atoms with Crippen molar-refractivity contribution in [1.82, 2.24) is 20.0 Å². The number of aromatic nitrogens is 3. The highest BCUT2D eigenvalue weighted by Gasteiger charge is 2.16. The van der Waals surface area contributed by atoms with Crippen molar-refractivity contribution in [3.63, 3.8) is 0 Å². The molecule has 2 aromatic heterocycles. The predicted molar refractivity (Wildman–Crippen MR) is 68.0 cm³/mol. The zero-order valence-corrected chi connectivity index (χ0v) is 10.9. The Bertz CT molecular complexity index is 510. The molecule has 0 aliphatic carbocycles. The molecule has 0 bridgehead atoms. The van der Waals surface area contributed by atoms with Crippen LogP contribution in [-0.2, 0) is 0 Å². The summed E-state index contributed by atoms with van der Waals surface area (Å²) in [7, 11) is 3.86. The normalized spacial score (nSPS) is 12.9. The lowest BCUT2D eigenvalue weighted by Crippen LogP contribution is -2.26. The van der Waals surface area contributed by atoms with Gasteiger partial charge in [-0.25, -0.2) is 4.98 Å². The van der Waals surface area contributed by atoms with Crippen molar-refractivity contribution < 1.29 is 4.52 Å². The molecule has 0 spiro atoms. The molecule has 0 aromatic carbocycles. The molecule has 0 fully saturated rings. The van der Waals surface area contributed by atoms with E-state index in [-0.39, 0.29) is 6.04 Å². The Hall–Kier alpha value is -1.50. The van der Waals surface area contributed by atoms with Crippen LogP contribution in [0.1, 0.15) is 11.9 Å². The summed E-state index contributed by atoms with van der Waals surface area (Å²) in [6.07, 6.45) is 1.53. The van der Waals surface area contributed by atoms with E-state index < -0.39 is 0 Å². The summed E-state index contributed by atoms with van der Waals surface area (Å²) in [5, 5.41) is 4.42. The molecule has 2 heterocycles. The minimum Gasteiger partial charge on any atom is -0.332 e. The zero-order valence-electron chi connectivity index (χ0n) is 10.2. The van der Waals surface area contributed by atoms with Gasteiger partial charge in [0.25, 0.3) is 5.89 Å². The van der Waals surface area contributed by atoms with Crippen LogP contribution in [0.25, 0.3) is 11.6 Å². The summed E-state index contributed by atoms with van der Waals surface area (Å²) >= 11 is 5.76. The SMILES string of the molecule is CN(C)CC(N)c1noc(-c2ccc(Cl)cn2)n1. The molecule has 0 radical (unpaired) electrons. The topological polar surface area (TPSA) is 81.1 Å². The Morgan fingerprint density at radius 3 is 2.83 bits per heavy atom. The van der Waals surface area contributed by atoms with Crippen LogP contribution < -0.4 is 5.73 Å². The number of nitrogens with two attached hydrogens (primary N) is 1. The summed E-state index contributed by atoms with van der Waals surface area (Å²) in [6.45, 7) is 0.646. The van der Waals surface area contributed by atoms with Gasteiger partial charge in [0.1, 0.15) is 5.69 Å². The lowest BCUT2D eigenvalue weighted by Gasteiger charge is -2.12. The first-order valence-corrected chi connectivity index (χ1v) is 5.80. The third-order valence-electron chi connectivity index (χ3n) is 2.28. The molecular formula is C11H14ClN5O. The second kappa shape index (κ2) is 5.43. The van der Waals surface area contributed by atoms with Gasteiger partial charge in [-0.2, -0.15) is 4.98 Å². The number of hydrogen-bond donors (Lipinski definition) is 1. The summed E-state index contributed by atoms with van der Waals surface area (Å²) in [4.78, 5) is 10.3. The first-order valence-electron chi connectivity index (χ1n) is 5.42. The van der Waals surface area contributed by atoms with E-state index in [1.807, 2.05) is 19.0 Å². The maximum Gasteiger partial charge on any atom is 0.276 e. The third-order valence-corrected chi connectivity index (χ3v) is 2.51. The van der Waals surface area contributed by atoms with E-state index in [1.165, 1.54) is 6.20 Å². The van der Waals surface area contributed by atoms with Gasteiger partial charge in [-0.3, -0.25) is 0 Å². The molecule has 0 aliphatic heterocycles. The van der Waals surface area contributed by atoms with Crippen molar-refractivity contribution in [1.29, 1.82) is 0 Å². The lowest BCUT2D eigenvalue weighted by molar-refractivity contribution is 0.357. The molecule has 2 N–H and O–H groups in total. The Kier molecular flexibility index (Phi) is 3.90. The number of halogens is 1. The van der Waals surface area contributed by atoms with E-state index >= 15 is 0 Å². The Morgan fingerprint density at radius 1 is 1.44 bits per heavy atom.